The Morgan fingerprint density at radius 1 is 1.62 bits per heavy atom. The summed E-state index contributed by atoms with van der Waals surface area (Å²) in [7, 11) is 0. The lowest BCUT2D eigenvalue weighted by Crippen LogP contribution is -2.41. The number of hydrogen-bond donors (Lipinski definition) is 1. The van der Waals surface area contributed by atoms with E-state index < -0.39 is 0 Å². The van der Waals surface area contributed by atoms with Gasteiger partial charge in [0, 0.05) is 6.04 Å². The Hall–Kier alpha value is -0.460. The lowest BCUT2D eigenvalue weighted by molar-refractivity contribution is 0.0741. The van der Waals surface area contributed by atoms with E-state index in [0.717, 1.165) is 3.79 Å². The molecule has 0 saturated carbocycles. The average molecular weight is 321 g/mol. The molecule has 0 aliphatic carbocycles. The van der Waals surface area contributed by atoms with E-state index in [4.69, 9.17) is 18.0 Å². The molecule has 0 saturated heterocycles. The highest BCUT2D eigenvalue weighted by atomic mass is 79.9. The quantitative estimate of drug-likeness (QED) is 0.867. The van der Waals surface area contributed by atoms with Crippen molar-refractivity contribution < 1.29 is 4.79 Å². The van der Waals surface area contributed by atoms with Gasteiger partial charge >= 0.3 is 0 Å². The number of hydrogen-bond acceptors (Lipinski definition) is 3. The second-order valence-corrected chi connectivity index (χ2v) is 6.58. The number of carbonyl (C=O) groups excluding carboxylic acids is 1. The number of halogens is 1. The third-order valence-corrected chi connectivity index (χ3v) is 3.74. The van der Waals surface area contributed by atoms with Crippen LogP contribution in [0.15, 0.2) is 15.9 Å². The van der Waals surface area contributed by atoms with Gasteiger partial charge in [0.15, 0.2) is 0 Å². The molecule has 3 nitrogen and oxygen atoms in total. The molecule has 0 aliphatic rings. The highest BCUT2D eigenvalue weighted by Gasteiger charge is 2.20. The van der Waals surface area contributed by atoms with Gasteiger partial charge < -0.3 is 10.6 Å². The minimum Gasteiger partial charge on any atom is -0.392 e. The maximum atomic E-state index is 12.1. The third kappa shape index (κ3) is 3.54. The monoisotopic (exact) mass is 320 g/mol. The minimum atomic E-state index is -0.0292. The van der Waals surface area contributed by atoms with Crippen LogP contribution in [0.4, 0.5) is 0 Å². The van der Waals surface area contributed by atoms with Gasteiger partial charge in [-0.1, -0.05) is 12.2 Å². The lowest BCUT2D eigenvalue weighted by atomic mass is 10.3. The smallest absolute Gasteiger partial charge is 0.264 e. The fraction of sp³-hybridized carbons (Fsp3) is 0.400. The van der Waals surface area contributed by atoms with Crippen molar-refractivity contribution in [2.75, 3.05) is 6.54 Å². The highest BCUT2D eigenvalue weighted by molar-refractivity contribution is 9.11. The van der Waals surface area contributed by atoms with Crippen molar-refractivity contribution >= 4 is 50.4 Å². The normalized spacial score (nSPS) is 10.5. The fourth-order valence-electron chi connectivity index (χ4n) is 1.23. The molecule has 0 aromatic carbocycles. The molecule has 6 heteroatoms. The molecule has 2 N–H and O–H groups in total. The zero-order valence-corrected chi connectivity index (χ0v) is 12.3. The molecule has 0 fully saturated rings. The molecule has 1 aromatic heterocycles. The van der Waals surface area contributed by atoms with Crippen molar-refractivity contribution in [3.8, 4) is 0 Å². The van der Waals surface area contributed by atoms with E-state index in [0.29, 0.717) is 16.4 Å². The predicted octanol–water partition coefficient (Wildman–Crippen LogP) is 2.65. The Bertz CT molecular complexity index is 403. The van der Waals surface area contributed by atoms with Crippen molar-refractivity contribution in [3.63, 3.8) is 0 Å². The van der Waals surface area contributed by atoms with Gasteiger partial charge in [0.05, 0.1) is 20.2 Å². The van der Waals surface area contributed by atoms with E-state index in [1.54, 1.807) is 11.0 Å². The Morgan fingerprint density at radius 2 is 2.25 bits per heavy atom. The first-order valence-corrected chi connectivity index (χ1v) is 6.78. The van der Waals surface area contributed by atoms with Gasteiger partial charge in [-0.3, -0.25) is 4.79 Å². The van der Waals surface area contributed by atoms with E-state index in [2.05, 4.69) is 15.9 Å². The molecule has 0 spiro atoms. The van der Waals surface area contributed by atoms with Gasteiger partial charge in [-0.05, 0) is 41.9 Å². The van der Waals surface area contributed by atoms with Crippen LogP contribution in [0.2, 0.25) is 0 Å². The summed E-state index contributed by atoms with van der Waals surface area (Å²) >= 11 is 9.59. The van der Waals surface area contributed by atoms with Crippen LogP contribution >= 0.6 is 39.5 Å². The van der Waals surface area contributed by atoms with E-state index in [1.165, 1.54) is 11.3 Å². The number of thiocarbonyl (C=S) groups is 1. The molecule has 1 amide bonds. The van der Waals surface area contributed by atoms with Gasteiger partial charge in [-0.15, -0.1) is 11.3 Å². The number of nitrogens with zero attached hydrogens (tertiary/aromatic N) is 1. The molecule has 1 heterocycles. The van der Waals surface area contributed by atoms with Crippen LogP contribution in [0, 0.1) is 0 Å². The maximum absolute atomic E-state index is 12.1. The SMILES string of the molecule is CC(C)N(CC(N)=S)C(=O)c1ccc(Br)s1. The number of carbonyl (C=O) groups is 1. The molecule has 1 aromatic rings. The Balaban J connectivity index is 2.87. The Kier molecular flexibility index (Phi) is 4.89. The van der Waals surface area contributed by atoms with Gasteiger partial charge in [0.2, 0.25) is 0 Å². The third-order valence-electron chi connectivity index (χ3n) is 1.99. The van der Waals surface area contributed by atoms with Gasteiger partial charge in [-0.2, -0.15) is 0 Å². The van der Waals surface area contributed by atoms with Crippen molar-refractivity contribution in [1.29, 1.82) is 0 Å². The lowest BCUT2D eigenvalue weighted by Gasteiger charge is -2.25. The summed E-state index contributed by atoms with van der Waals surface area (Å²) in [4.78, 5) is 14.8. The van der Waals surface area contributed by atoms with Crippen molar-refractivity contribution in [3.05, 3.63) is 20.8 Å². The molecular weight excluding hydrogens is 308 g/mol. The summed E-state index contributed by atoms with van der Waals surface area (Å²) in [5, 5.41) is 0. The molecule has 16 heavy (non-hydrogen) atoms. The van der Waals surface area contributed by atoms with Gasteiger partial charge in [0.25, 0.3) is 5.91 Å². The summed E-state index contributed by atoms with van der Waals surface area (Å²) in [6, 6.07) is 3.73. The zero-order chi connectivity index (χ0) is 12.3. The molecule has 0 radical (unpaired) electrons. The summed E-state index contributed by atoms with van der Waals surface area (Å²) in [5.74, 6) is -0.0292. The number of nitrogens with two attached hydrogens (primary N) is 1. The first kappa shape index (κ1) is 13.6. The topological polar surface area (TPSA) is 46.3 Å². The van der Waals surface area contributed by atoms with Crippen LogP contribution in [0.5, 0.6) is 0 Å². The van der Waals surface area contributed by atoms with Gasteiger partial charge in [0.1, 0.15) is 0 Å². The number of rotatable bonds is 4. The highest BCUT2D eigenvalue weighted by Crippen LogP contribution is 2.23. The van der Waals surface area contributed by atoms with E-state index in [-0.39, 0.29) is 11.9 Å². The second-order valence-electron chi connectivity index (χ2n) is 3.60. The van der Waals surface area contributed by atoms with Crippen molar-refractivity contribution in [2.45, 2.75) is 19.9 Å². The molecule has 0 aliphatic heterocycles. The number of thiophene rings is 1. The van der Waals surface area contributed by atoms with Crippen molar-refractivity contribution in [2.24, 2.45) is 5.73 Å². The molecule has 0 atom stereocenters. The molecular formula is C10H13BrN2OS2. The predicted molar refractivity (Wildman–Crippen MR) is 75.0 cm³/mol. The summed E-state index contributed by atoms with van der Waals surface area (Å²) in [6.07, 6.45) is 0. The Labute approximate surface area is 113 Å². The van der Waals surface area contributed by atoms with Crippen molar-refractivity contribution in [1.82, 2.24) is 4.90 Å². The molecule has 1 rings (SSSR count). The molecule has 0 bridgehead atoms. The second kappa shape index (κ2) is 5.75. The first-order chi connectivity index (χ1) is 7.41. The summed E-state index contributed by atoms with van der Waals surface area (Å²) in [5.41, 5.74) is 5.48. The minimum absolute atomic E-state index is 0.0292. The summed E-state index contributed by atoms with van der Waals surface area (Å²) in [6.45, 7) is 4.21. The van der Waals surface area contributed by atoms with Crippen LogP contribution in [-0.4, -0.2) is 28.4 Å². The fourth-order valence-corrected chi connectivity index (χ4v) is 2.71. The standard InChI is InChI=1S/C10H13BrN2OS2/c1-6(2)13(5-9(12)15)10(14)7-3-4-8(11)16-7/h3-4,6H,5H2,1-2H3,(H2,12,15). The Morgan fingerprint density at radius 3 is 2.62 bits per heavy atom. The van der Waals surface area contributed by atoms with Crippen LogP contribution in [-0.2, 0) is 0 Å². The van der Waals surface area contributed by atoms with Crippen LogP contribution in [0.25, 0.3) is 0 Å². The van der Waals surface area contributed by atoms with Crippen LogP contribution < -0.4 is 5.73 Å². The molecule has 88 valence electrons. The number of amides is 1. The zero-order valence-electron chi connectivity index (χ0n) is 9.07. The maximum Gasteiger partial charge on any atom is 0.264 e. The average Bonchev–Trinajstić information content (AvgIpc) is 2.59. The van der Waals surface area contributed by atoms with Gasteiger partial charge in [-0.25, -0.2) is 0 Å². The van der Waals surface area contributed by atoms with Crippen LogP contribution in [0.3, 0.4) is 0 Å². The first-order valence-electron chi connectivity index (χ1n) is 4.76. The van der Waals surface area contributed by atoms with E-state index >= 15 is 0 Å². The van der Waals surface area contributed by atoms with E-state index in [9.17, 15) is 4.79 Å². The summed E-state index contributed by atoms with van der Waals surface area (Å²) < 4.78 is 0.940. The van der Waals surface area contributed by atoms with Crippen LogP contribution in [0.1, 0.15) is 23.5 Å². The largest absolute Gasteiger partial charge is 0.392 e. The molecule has 0 unspecified atom stereocenters. The van der Waals surface area contributed by atoms with E-state index in [1.807, 2.05) is 19.9 Å².